The van der Waals surface area contributed by atoms with Crippen molar-refractivity contribution in [3.63, 3.8) is 0 Å². The quantitative estimate of drug-likeness (QED) is 0.371. The van der Waals surface area contributed by atoms with Gasteiger partial charge in [-0.05, 0) is 42.8 Å². The first-order valence-corrected chi connectivity index (χ1v) is 12.0. The van der Waals surface area contributed by atoms with E-state index < -0.39 is 5.91 Å². The van der Waals surface area contributed by atoms with Gasteiger partial charge in [0.25, 0.3) is 11.8 Å². The Morgan fingerprint density at radius 2 is 1.78 bits per heavy atom. The molecule has 1 aliphatic rings. The molecule has 10 heteroatoms. The molecule has 2 aromatic heterocycles. The SMILES string of the molecule is O=C(N[C@H]1CCOC1)c1cc(NC(=O)c2cc(-c3ccccn3)c(Cl)cc2Cl)n(-c2ccccc2)n1. The minimum atomic E-state index is -0.484. The Hall–Kier alpha value is -3.72. The van der Waals surface area contributed by atoms with Crippen LogP contribution in [0.1, 0.15) is 27.3 Å². The largest absolute Gasteiger partial charge is 0.379 e. The Morgan fingerprint density at radius 3 is 2.50 bits per heavy atom. The molecule has 0 spiro atoms. The van der Waals surface area contributed by atoms with E-state index in [4.69, 9.17) is 27.9 Å². The second kappa shape index (κ2) is 10.5. The number of hydrogen-bond donors (Lipinski definition) is 2. The molecule has 0 aliphatic carbocycles. The number of amides is 2. The number of aromatic nitrogens is 3. The fraction of sp³-hybridized carbons (Fsp3) is 0.154. The Balaban J connectivity index is 1.47. The maximum atomic E-state index is 13.4. The number of rotatable bonds is 6. The van der Waals surface area contributed by atoms with E-state index in [9.17, 15) is 9.59 Å². The highest BCUT2D eigenvalue weighted by atomic mass is 35.5. The van der Waals surface area contributed by atoms with Crippen LogP contribution in [0.5, 0.6) is 0 Å². The fourth-order valence-corrected chi connectivity index (χ4v) is 4.45. The number of carbonyl (C=O) groups excluding carboxylic acids is 2. The van der Waals surface area contributed by atoms with Crippen LogP contribution in [0, 0.1) is 0 Å². The molecule has 182 valence electrons. The second-order valence-corrected chi connectivity index (χ2v) is 8.99. The van der Waals surface area contributed by atoms with E-state index in [1.165, 1.54) is 16.8 Å². The molecule has 3 heterocycles. The molecule has 4 aromatic rings. The summed E-state index contributed by atoms with van der Waals surface area (Å²) < 4.78 is 6.83. The summed E-state index contributed by atoms with van der Waals surface area (Å²) in [5, 5.41) is 10.8. The molecule has 1 saturated heterocycles. The van der Waals surface area contributed by atoms with Crippen LogP contribution in [0.2, 0.25) is 10.0 Å². The lowest BCUT2D eigenvalue weighted by Crippen LogP contribution is -2.35. The number of ether oxygens (including phenoxy) is 1. The van der Waals surface area contributed by atoms with Crippen molar-refractivity contribution in [2.45, 2.75) is 12.5 Å². The first kappa shape index (κ1) is 24.0. The summed E-state index contributed by atoms with van der Waals surface area (Å²) in [4.78, 5) is 30.5. The zero-order valence-corrected chi connectivity index (χ0v) is 20.5. The predicted octanol–water partition coefficient (Wildman–Crippen LogP) is 5.01. The smallest absolute Gasteiger partial charge is 0.272 e. The Morgan fingerprint density at radius 1 is 0.972 bits per heavy atom. The summed E-state index contributed by atoms with van der Waals surface area (Å²) in [5.41, 5.74) is 2.22. The van der Waals surface area contributed by atoms with Crippen LogP contribution < -0.4 is 10.6 Å². The molecular formula is C26H21Cl2N5O3. The highest BCUT2D eigenvalue weighted by molar-refractivity contribution is 6.38. The third-order valence-corrected chi connectivity index (χ3v) is 6.32. The minimum Gasteiger partial charge on any atom is -0.379 e. The lowest BCUT2D eigenvalue weighted by Gasteiger charge is -2.12. The van der Waals surface area contributed by atoms with Crippen LogP contribution >= 0.6 is 23.2 Å². The van der Waals surface area contributed by atoms with Crippen molar-refractivity contribution in [1.82, 2.24) is 20.1 Å². The van der Waals surface area contributed by atoms with Gasteiger partial charge in [0.1, 0.15) is 5.82 Å². The second-order valence-electron chi connectivity index (χ2n) is 8.18. The molecule has 2 amide bonds. The fourth-order valence-electron chi connectivity index (χ4n) is 3.88. The summed E-state index contributed by atoms with van der Waals surface area (Å²) in [6, 6.07) is 19.2. The predicted molar refractivity (Wildman–Crippen MR) is 138 cm³/mol. The summed E-state index contributed by atoms with van der Waals surface area (Å²) in [6.07, 6.45) is 2.38. The van der Waals surface area contributed by atoms with Gasteiger partial charge in [-0.3, -0.25) is 14.6 Å². The van der Waals surface area contributed by atoms with Crippen molar-refractivity contribution in [2.75, 3.05) is 18.5 Å². The number of nitrogens with zero attached hydrogens (tertiary/aromatic N) is 3. The number of benzene rings is 2. The number of nitrogens with one attached hydrogen (secondary N) is 2. The van der Waals surface area contributed by atoms with Crippen molar-refractivity contribution in [2.24, 2.45) is 0 Å². The van der Waals surface area contributed by atoms with Gasteiger partial charge in [0.2, 0.25) is 0 Å². The average molecular weight is 522 g/mol. The van der Waals surface area contributed by atoms with Gasteiger partial charge in [0.05, 0.1) is 39.6 Å². The molecule has 1 atom stereocenters. The number of carbonyl (C=O) groups is 2. The van der Waals surface area contributed by atoms with Crippen molar-refractivity contribution in [3.8, 4) is 16.9 Å². The maximum Gasteiger partial charge on any atom is 0.272 e. The van der Waals surface area contributed by atoms with Gasteiger partial charge in [-0.25, -0.2) is 4.68 Å². The van der Waals surface area contributed by atoms with Crippen LogP contribution in [0.4, 0.5) is 5.82 Å². The number of para-hydroxylation sites is 1. The number of pyridine rings is 1. The van der Waals surface area contributed by atoms with Crippen molar-refractivity contribution in [1.29, 1.82) is 0 Å². The highest BCUT2D eigenvalue weighted by Crippen LogP contribution is 2.32. The summed E-state index contributed by atoms with van der Waals surface area (Å²) >= 11 is 12.8. The van der Waals surface area contributed by atoms with E-state index in [0.717, 1.165) is 6.42 Å². The molecule has 0 bridgehead atoms. The molecule has 5 rings (SSSR count). The zero-order valence-electron chi connectivity index (χ0n) is 18.9. The number of halogens is 2. The lowest BCUT2D eigenvalue weighted by molar-refractivity contribution is 0.0923. The normalized spacial score (nSPS) is 15.0. The molecule has 0 saturated carbocycles. The molecule has 8 nitrogen and oxygen atoms in total. The van der Waals surface area contributed by atoms with Gasteiger partial charge in [0, 0.05) is 24.4 Å². The molecule has 36 heavy (non-hydrogen) atoms. The van der Waals surface area contributed by atoms with E-state index in [2.05, 4.69) is 20.7 Å². The highest BCUT2D eigenvalue weighted by Gasteiger charge is 2.23. The third-order valence-electron chi connectivity index (χ3n) is 5.69. The summed E-state index contributed by atoms with van der Waals surface area (Å²) in [6.45, 7) is 1.06. The minimum absolute atomic E-state index is 0.0738. The van der Waals surface area contributed by atoms with Crippen LogP contribution in [0.15, 0.2) is 72.9 Å². The molecule has 2 N–H and O–H groups in total. The standard InChI is InChI=1S/C26H21Cl2N5O3/c27-20-13-21(28)19(12-18(20)22-8-4-5-10-29-22)25(34)31-24-14-23(26(35)30-16-9-11-36-15-16)32-33(24)17-6-2-1-3-7-17/h1-8,10,12-14,16H,9,11,15H2,(H,30,35)(H,31,34)/t16-/m0/s1. The number of hydrogen-bond acceptors (Lipinski definition) is 5. The molecular weight excluding hydrogens is 501 g/mol. The van der Waals surface area contributed by atoms with Gasteiger partial charge in [-0.15, -0.1) is 0 Å². The summed E-state index contributed by atoms with van der Waals surface area (Å²) in [7, 11) is 0. The monoisotopic (exact) mass is 521 g/mol. The van der Waals surface area contributed by atoms with Crippen LogP contribution in [-0.2, 0) is 4.74 Å². The van der Waals surface area contributed by atoms with Crippen molar-refractivity contribution >= 4 is 40.8 Å². The van der Waals surface area contributed by atoms with E-state index >= 15 is 0 Å². The Labute approximate surface area is 217 Å². The molecule has 1 fully saturated rings. The van der Waals surface area contributed by atoms with Crippen LogP contribution in [0.3, 0.4) is 0 Å². The lowest BCUT2D eigenvalue weighted by atomic mass is 10.1. The van der Waals surface area contributed by atoms with E-state index in [1.54, 1.807) is 24.4 Å². The first-order chi connectivity index (χ1) is 17.5. The van der Waals surface area contributed by atoms with E-state index in [0.29, 0.717) is 41.0 Å². The molecule has 1 aliphatic heterocycles. The van der Waals surface area contributed by atoms with E-state index in [1.807, 2.05) is 36.4 Å². The maximum absolute atomic E-state index is 13.4. The van der Waals surface area contributed by atoms with Gasteiger partial charge in [-0.2, -0.15) is 5.10 Å². The zero-order chi connectivity index (χ0) is 25.1. The van der Waals surface area contributed by atoms with Crippen LogP contribution in [0.25, 0.3) is 16.9 Å². The summed E-state index contributed by atoms with van der Waals surface area (Å²) in [5.74, 6) is -0.524. The Bertz CT molecular complexity index is 1400. The van der Waals surface area contributed by atoms with Gasteiger partial charge >= 0.3 is 0 Å². The van der Waals surface area contributed by atoms with Crippen molar-refractivity contribution < 1.29 is 14.3 Å². The van der Waals surface area contributed by atoms with Gasteiger partial charge in [0.15, 0.2) is 5.69 Å². The first-order valence-electron chi connectivity index (χ1n) is 11.3. The van der Waals surface area contributed by atoms with Gasteiger partial charge in [-0.1, -0.05) is 47.5 Å². The van der Waals surface area contributed by atoms with Gasteiger partial charge < -0.3 is 15.4 Å². The molecule has 0 radical (unpaired) electrons. The molecule has 2 aromatic carbocycles. The topological polar surface area (TPSA) is 98.1 Å². The molecule has 0 unspecified atom stereocenters. The van der Waals surface area contributed by atoms with Crippen LogP contribution in [-0.4, -0.2) is 45.8 Å². The van der Waals surface area contributed by atoms with Crippen molar-refractivity contribution in [3.05, 3.63) is 94.2 Å². The average Bonchev–Trinajstić information content (AvgIpc) is 3.55. The van der Waals surface area contributed by atoms with E-state index in [-0.39, 0.29) is 28.2 Å². The third kappa shape index (κ3) is 5.11. The number of anilines is 1. The Kier molecular flexibility index (Phi) is 6.99.